The minimum atomic E-state index is -1.22. The van der Waals surface area contributed by atoms with Crippen LogP contribution in [-0.2, 0) is 12.1 Å². The van der Waals surface area contributed by atoms with Crippen molar-refractivity contribution in [2.75, 3.05) is 20.1 Å². The molecule has 38 heavy (non-hydrogen) atoms. The molecule has 1 saturated heterocycles. The van der Waals surface area contributed by atoms with Gasteiger partial charge in [-0.15, -0.1) is 0 Å². The summed E-state index contributed by atoms with van der Waals surface area (Å²) in [5.74, 6) is 0.192. The van der Waals surface area contributed by atoms with Crippen molar-refractivity contribution in [3.05, 3.63) is 95.1 Å². The molecule has 1 aliphatic heterocycles. The molecular formula is C32H39ClN3O2. The number of piperidine rings is 1. The van der Waals surface area contributed by atoms with Crippen LogP contribution in [0.2, 0.25) is 5.02 Å². The molecule has 2 unspecified atom stereocenters. The van der Waals surface area contributed by atoms with Crippen molar-refractivity contribution in [3.8, 4) is 11.1 Å². The predicted octanol–water partition coefficient (Wildman–Crippen LogP) is 6.60. The van der Waals surface area contributed by atoms with Crippen molar-refractivity contribution >= 4 is 17.5 Å². The van der Waals surface area contributed by atoms with Gasteiger partial charge < -0.3 is 15.3 Å². The monoisotopic (exact) mass is 532 g/mol. The zero-order chi connectivity index (χ0) is 27.3. The number of likely N-dealkylation sites (tertiary alicyclic amines) is 1. The van der Waals surface area contributed by atoms with Gasteiger partial charge in [-0.1, -0.05) is 75.2 Å². The molecule has 0 saturated carbocycles. The summed E-state index contributed by atoms with van der Waals surface area (Å²) >= 11 is 6.78. The molecule has 1 amide bonds. The number of rotatable bonds is 9. The number of nitrogens with one attached hydrogen (secondary N) is 1. The van der Waals surface area contributed by atoms with Crippen LogP contribution in [0, 0.1) is 12.8 Å². The first-order chi connectivity index (χ1) is 18.3. The Morgan fingerprint density at radius 1 is 1.24 bits per heavy atom. The first-order valence-corrected chi connectivity index (χ1v) is 13.9. The Balaban J connectivity index is 1.69. The number of hydrogen-bond donors (Lipinski definition) is 2. The van der Waals surface area contributed by atoms with E-state index in [4.69, 9.17) is 11.6 Å². The molecule has 0 spiro atoms. The quantitative estimate of drug-likeness (QED) is 0.326. The van der Waals surface area contributed by atoms with Crippen molar-refractivity contribution in [1.82, 2.24) is 15.2 Å². The van der Waals surface area contributed by atoms with E-state index in [1.807, 2.05) is 48.3 Å². The lowest BCUT2D eigenvalue weighted by Gasteiger charge is -2.43. The fraction of sp³-hybridized carbons (Fsp3) is 0.406. The number of amides is 1. The highest BCUT2D eigenvalue weighted by Crippen LogP contribution is 2.45. The summed E-state index contributed by atoms with van der Waals surface area (Å²) < 4.78 is 0. The predicted molar refractivity (Wildman–Crippen MR) is 155 cm³/mol. The molecule has 6 heteroatoms. The van der Waals surface area contributed by atoms with E-state index < -0.39 is 5.60 Å². The number of hydrogen-bond acceptors (Lipinski definition) is 4. The number of carbonyl (C=O) groups excluding carboxylic acids is 1. The first-order valence-electron chi connectivity index (χ1n) is 13.6. The van der Waals surface area contributed by atoms with Crippen LogP contribution in [0.15, 0.2) is 60.9 Å². The van der Waals surface area contributed by atoms with Gasteiger partial charge in [0.1, 0.15) is 0 Å². The van der Waals surface area contributed by atoms with E-state index in [0.717, 1.165) is 36.1 Å². The van der Waals surface area contributed by atoms with E-state index in [2.05, 4.69) is 43.2 Å². The van der Waals surface area contributed by atoms with Gasteiger partial charge in [0.25, 0.3) is 5.91 Å². The molecule has 1 aromatic heterocycles. The molecular weight excluding hydrogens is 494 g/mol. The summed E-state index contributed by atoms with van der Waals surface area (Å²) in [6.07, 6.45) is 6.02. The van der Waals surface area contributed by atoms with Crippen LogP contribution in [0.3, 0.4) is 0 Å². The Labute approximate surface area is 232 Å². The number of aromatic nitrogens is 1. The fourth-order valence-corrected chi connectivity index (χ4v) is 5.91. The second kappa shape index (κ2) is 12.4. The Morgan fingerprint density at radius 3 is 2.68 bits per heavy atom. The van der Waals surface area contributed by atoms with E-state index in [-0.39, 0.29) is 11.8 Å². The lowest BCUT2D eigenvalue weighted by Crippen LogP contribution is -2.48. The van der Waals surface area contributed by atoms with Crippen molar-refractivity contribution in [3.63, 3.8) is 0 Å². The van der Waals surface area contributed by atoms with Gasteiger partial charge >= 0.3 is 0 Å². The van der Waals surface area contributed by atoms with E-state index in [1.54, 1.807) is 12.4 Å². The molecule has 2 aromatic carbocycles. The highest BCUT2D eigenvalue weighted by Gasteiger charge is 2.43. The van der Waals surface area contributed by atoms with Crippen LogP contribution in [-0.4, -0.2) is 41.0 Å². The maximum Gasteiger partial charge on any atom is 0.253 e. The van der Waals surface area contributed by atoms with Gasteiger partial charge in [-0.2, -0.15) is 0 Å². The smallest absolute Gasteiger partial charge is 0.253 e. The zero-order valence-electron chi connectivity index (χ0n) is 22.7. The second-order valence-corrected chi connectivity index (χ2v) is 11.1. The summed E-state index contributed by atoms with van der Waals surface area (Å²) in [4.78, 5) is 19.7. The number of carbonyl (C=O) groups is 1. The van der Waals surface area contributed by atoms with Crippen molar-refractivity contribution in [1.29, 1.82) is 0 Å². The number of pyridine rings is 1. The highest BCUT2D eigenvalue weighted by atomic mass is 35.5. The van der Waals surface area contributed by atoms with Gasteiger partial charge in [0, 0.05) is 54.6 Å². The van der Waals surface area contributed by atoms with Gasteiger partial charge in [0.05, 0.1) is 10.6 Å². The number of benzene rings is 2. The van der Waals surface area contributed by atoms with Crippen molar-refractivity contribution in [2.45, 2.75) is 57.6 Å². The lowest BCUT2D eigenvalue weighted by molar-refractivity contribution is -0.0548. The summed E-state index contributed by atoms with van der Waals surface area (Å²) in [5, 5.41) is 16.1. The molecule has 2 atom stereocenters. The molecule has 4 rings (SSSR count). The Hall–Kier alpha value is -2.73. The minimum Gasteiger partial charge on any atom is -0.385 e. The number of nitrogens with zero attached hydrogens (tertiary/aromatic N) is 2. The average molecular weight is 533 g/mol. The number of aliphatic hydroxyl groups is 1. The van der Waals surface area contributed by atoms with Gasteiger partial charge in [-0.25, -0.2) is 0 Å². The molecule has 0 aliphatic carbocycles. The second-order valence-electron chi connectivity index (χ2n) is 10.7. The Kier molecular flexibility index (Phi) is 9.24. The van der Waals surface area contributed by atoms with Gasteiger partial charge in [-0.3, -0.25) is 9.78 Å². The molecule has 1 radical (unpaired) electrons. The van der Waals surface area contributed by atoms with Crippen molar-refractivity contribution < 1.29 is 9.90 Å². The molecule has 201 valence electrons. The van der Waals surface area contributed by atoms with Crippen LogP contribution in [0.5, 0.6) is 0 Å². The van der Waals surface area contributed by atoms with Crippen LogP contribution in [0.4, 0.5) is 0 Å². The van der Waals surface area contributed by atoms with E-state index >= 15 is 0 Å². The lowest BCUT2D eigenvalue weighted by atomic mass is 9.72. The molecule has 1 aliphatic rings. The van der Waals surface area contributed by atoms with Crippen molar-refractivity contribution in [2.24, 2.45) is 5.92 Å². The maximum atomic E-state index is 13.5. The summed E-state index contributed by atoms with van der Waals surface area (Å²) in [5.41, 5.74) is 4.27. The fourth-order valence-electron chi connectivity index (χ4n) is 5.64. The maximum absolute atomic E-state index is 13.5. The third kappa shape index (κ3) is 5.96. The van der Waals surface area contributed by atoms with E-state index in [9.17, 15) is 9.90 Å². The Morgan fingerprint density at radius 2 is 2.00 bits per heavy atom. The van der Waals surface area contributed by atoms with Crippen LogP contribution < -0.4 is 5.32 Å². The summed E-state index contributed by atoms with van der Waals surface area (Å²) in [6.45, 7) is 10.3. The van der Waals surface area contributed by atoms with Gasteiger partial charge in [-0.05, 0) is 61.1 Å². The molecule has 2 heterocycles. The third-order valence-electron chi connectivity index (χ3n) is 7.73. The van der Waals surface area contributed by atoms with Crippen LogP contribution in [0.1, 0.15) is 72.5 Å². The first kappa shape index (κ1) is 28.3. The molecule has 0 bridgehead atoms. The standard InChI is InChI=1S/C32H39ClN3O2/c1-5-15-32(38,28-19-35-20-29(33)30(28)26-9-6-8-25(17-26)22(2)3)27-10-7-16-36(21-27)31(37)24-13-11-23(12-14-24)18-34-4/h6,8-9,11-14,17,19-20,22,27,34,38H,1,5,7,10,15-16,18,21H2,2-4H3. The molecule has 1 fully saturated rings. The zero-order valence-corrected chi connectivity index (χ0v) is 23.5. The normalized spacial score (nSPS) is 17.4. The minimum absolute atomic E-state index is 0.00300. The van der Waals surface area contributed by atoms with Crippen LogP contribution in [0.25, 0.3) is 11.1 Å². The van der Waals surface area contributed by atoms with Crippen LogP contribution >= 0.6 is 11.6 Å². The Bertz CT molecular complexity index is 1240. The molecule has 5 nitrogen and oxygen atoms in total. The number of halogens is 1. The highest BCUT2D eigenvalue weighted by molar-refractivity contribution is 6.33. The summed E-state index contributed by atoms with van der Waals surface area (Å²) in [7, 11) is 1.90. The largest absolute Gasteiger partial charge is 0.385 e. The third-order valence-corrected chi connectivity index (χ3v) is 8.02. The summed E-state index contributed by atoms with van der Waals surface area (Å²) in [6, 6.07) is 16.1. The van der Waals surface area contributed by atoms with Gasteiger partial charge in [0.15, 0.2) is 0 Å². The SMILES string of the molecule is [CH2]CCC(O)(c1cncc(Cl)c1-c1cccc(C(C)C)c1)C1CCCN(C(=O)c2ccc(CNC)cc2)C1. The molecule has 2 N–H and O–H groups in total. The van der Waals surface area contributed by atoms with E-state index in [1.165, 1.54) is 5.56 Å². The average Bonchev–Trinajstić information content (AvgIpc) is 2.93. The topological polar surface area (TPSA) is 65.5 Å². The van der Waals surface area contributed by atoms with E-state index in [0.29, 0.717) is 48.0 Å². The van der Waals surface area contributed by atoms with Gasteiger partial charge in [0.2, 0.25) is 0 Å². The molecule has 3 aromatic rings.